The Morgan fingerprint density at radius 2 is 1.21 bits per heavy atom. The summed E-state index contributed by atoms with van der Waals surface area (Å²) < 4.78 is 1.50. The van der Waals surface area contributed by atoms with Crippen LogP contribution in [0.25, 0.3) is 0 Å². The molecule has 2 aliphatic rings. The Labute approximate surface area is 86.3 Å². The number of piperidine rings is 1. The fourth-order valence-electron chi connectivity index (χ4n) is 2.64. The number of nitrogens with zero attached hydrogens (tertiary/aromatic N) is 1. The van der Waals surface area contributed by atoms with Crippen molar-refractivity contribution in [2.45, 2.75) is 39.0 Å². The predicted octanol–water partition coefficient (Wildman–Crippen LogP) is 0.537. The average molecular weight is 199 g/mol. The zero-order valence-electron chi connectivity index (χ0n) is 9.13. The van der Waals surface area contributed by atoms with Crippen LogP contribution in [0.1, 0.15) is 39.0 Å². The summed E-state index contributed by atoms with van der Waals surface area (Å²) in [5, 5.41) is 8.89. The van der Waals surface area contributed by atoms with Gasteiger partial charge in [-0.3, -0.25) is 0 Å². The van der Waals surface area contributed by atoms with Gasteiger partial charge in [-0.2, -0.15) is 0 Å². The van der Waals surface area contributed by atoms with Crippen molar-refractivity contribution in [3.63, 3.8) is 0 Å². The van der Waals surface area contributed by atoms with Gasteiger partial charge < -0.3 is 14.4 Å². The first-order chi connectivity index (χ1) is 6.65. The van der Waals surface area contributed by atoms with E-state index in [1.165, 1.54) is 62.8 Å². The first-order valence-electron chi connectivity index (χ1n) is 5.67. The van der Waals surface area contributed by atoms with E-state index in [1.54, 1.807) is 0 Å². The largest absolute Gasteiger partial charge is 0.550 e. The lowest BCUT2D eigenvalue weighted by atomic mass is 10.1. The van der Waals surface area contributed by atoms with Gasteiger partial charge in [0.05, 0.1) is 26.2 Å². The van der Waals surface area contributed by atoms with E-state index in [1.807, 2.05) is 0 Å². The number of rotatable bonds is 0. The summed E-state index contributed by atoms with van der Waals surface area (Å²) in [6.07, 6.45) is 7.50. The van der Waals surface area contributed by atoms with E-state index in [4.69, 9.17) is 9.90 Å². The molecule has 0 aromatic rings. The number of carbonyl (C=O) groups excluding carboxylic acids is 1. The molecule has 14 heavy (non-hydrogen) atoms. The molecule has 0 atom stereocenters. The minimum Gasteiger partial charge on any atom is -0.550 e. The van der Waals surface area contributed by atoms with Crippen molar-refractivity contribution in [1.82, 2.24) is 0 Å². The topological polar surface area (TPSA) is 40.1 Å². The first-order valence-corrected chi connectivity index (χ1v) is 5.67. The summed E-state index contributed by atoms with van der Waals surface area (Å²) in [4.78, 5) is 8.89. The van der Waals surface area contributed by atoms with Crippen LogP contribution in [0.5, 0.6) is 0 Å². The molecular weight excluding hydrogens is 178 g/mol. The van der Waals surface area contributed by atoms with Crippen molar-refractivity contribution >= 4 is 5.97 Å². The molecule has 2 heterocycles. The van der Waals surface area contributed by atoms with E-state index in [9.17, 15) is 0 Å². The Morgan fingerprint density at radius 3 is 1.57 bits per heavy atom. The summed E-state index contributed by atoms with van der Waals surface area (Å²) in [5.74, 6) is -1.08. The maximum Gasteiger partial charge on any atom is 0.0788 e. The maximum atomic E-state index is 8.89. The monoisotopic (exact) mass is 199 g/mol. The fraction of sp³-hybridized carbons (Fsp3) is 0.909. The molecule has 0 unspecified atom stereocenters. The minimum absolute atomic E-state index is 0.972. The van der Waals surface area contributed by atoms with Crippen LogP contribution in [0.4, 0.5) is 0 Å². The second-order valence-corrected chi connectivity index (χ2v) is 4.50. The van der Waals surface area contributed by atoms with Gasteiger partial charge in [0.2, 0.25) is 0 Å². The summed E-state index contributed by atoms with van der Waals surface area (Å²) in [5.41, 5.74) is 0. The van der Waals surface area contributed by atoms with Crippen molar-refractivity contribution < 1.29 is 14.4 Å². The summed E-state index contributed by atoms with van der Waals surface area (Å²) in [6, 6.07) is 0. The molecule has 2 rings (SSSR count). The first kappa shape index (κ1) is 11.5. The number of hydrogen-bond acceptors (Lipinski definition) is 2. The molecule has 0 aromatic carbocycles. The van der Waals surface area contributed by atoms with Crippen LogP contribution in [-0.4, -0.2) is 36.6 Å². The normalized spacial score (nSPS) is 24.1. The number of aliphatic carboxylic acids is 1. The van der Waals surface area contributed by atoms with Crippen LogP contribution < -0.4 is 5.11 Å². The highest BCUT2D eigenvalue weighted by molar-refractivity contribution is 5.60. The molecule has 1 spiro atoms. The van der Waals surface area contributed by atoms with Gasteiger partial charge in [-0.25, -0.2) is 0 Å². The van der Waals surface area contributed by atoms with Crippen molar-refractivity contribution in [3.8, 4) is 0 Å². The molecule has 2 fully saturated rings. The van der Waals surface area contributed by atoms with Gasteiger partial charge in [-0.15, -0.1) is 0 Å². The predicted molar refractivity (Wildman–Crippen MR) is 53.5 cm³/mol. The Kier molecular flexibility index (Phi) is 4.39. The Balaban J connectivity index is 0.000000213. The molecule has 0 amide bonds. The molecule has 2 aliphatic heterocycles. The minimum atomic E-state index is -1.08. The maximum absolute atomic E-state index is 8.89. The van der Waals surface area contributed by atoms with Crippen molar-refractivity contribution in [2.75, 3.05) is 26.2 Å². The number of carboxylic acids is 1. The van der Waals surface area contributed by atoms with E-state index >= 15 is 0 Å². The van der Waals surface area contributed by atoms with Gasteiger partial charge >= 0.3 is 0 Å². The molecule has 0 radical (unpaired) electrons. The molecular formula is C11H21NO2. The highest BCUT2D eigenvalue weighted by Crippen LogP contribution is 2.25. The fourth-order valence-corrected chi connectivity index (χ4v) is 2.64. The lowest BCUT2D eigenvalue weighted by Crippen LogP contribution is -2.48. The van der Waals surface area contributed by atoms with Crippen molar-refractivity contribution in [2.24, 2.45) is 0 Å². The number of hydrogen-bond donors (Lipinski definition) is 0. The average Bonchev–Trinajstić information content (AvgIpc) is 2.54. The summed E-state index contributed by atoms with van der Waals surface area (Å²) in [6.45, 7) is 6.97. The third-order valence-electron chi connectivity index (χ3n) is 3.28. The molecule has 0 saturated carbocycles. The Bertz CT molecular complexity index is 174. The van der Waals surface area contributed by atoms with Gasteiger partial charge in [0.1, 0.15) is 0 Å². The van der Waals surface area contributed by atoms with E-state index in [-0.39, 0.29) is 0 Å². The Hall–Kier alpha value is -0.570. The number of carbonyl (C=O) groups is 1. The zero-order chi connectivity index (χ0) is 10.4. The number of carboxylic acid groups (broad SMARTS) is 1. The van der Waals surface area contributed by atoms with Crippen LogP contribution in [0, 0.1) is 0 Å². The highest BCUT2D eigenvalue weighted by atomic mass is 16.4. The number of quaternary nitrogens is 1. The van der Waals surface area contributed by atoms with Crippen LogP contribution in [0.3, 0.4) is 0 Å². The second kappa shape index (κ2) is 5.35. The van der Waals surface area contributed by atoms with Crippen LogP contribution >= 0.6 is 0 Å². The van der Waals surface area contributed by atoms with Crippen LogP contribution in [0.15, 0.2) is 0 Å². The summed E-state index contributed by atoms with van der Waals surface area (Å²) in [7, 11) is 0. The van der Waals surface area contributed by atoms with E-state index in [0.29, 0.717) is 0 Å². The quantitative estimate of drug-likeness (QED) is 0.534. The van der Waals surface area contributed by atoms with Crippen LogP contribution in [0.2, 0.25) is 0 Å². The zero-order valence-corrected chi connectivity index (χ0v) is 9.13. The van der Waals surface area contributed by atoms with Gasteiger partial charge in [0.25, 0.3) is 0 Å². The third-order valence-corrected chi connectivity index (χ3v) is 3.28. The standard InChI is InChI=1S/C9H18N.C2H4O2/c1-2-6-10(7-3-1)8-4-5-9-10;1-2(3)4/h1-9H2;1H3,(H,3,4)/q+1;/p-1. The van der Waals surface area contributed by atoms with Gasteiger partial charge in [0, 0.05) is 18.8 Å². The van der Waals surface area contributed by atoms with Gasteiger partial charge in [0.15, 0.2) is 0 Å². The van der Waals surface area contributed by atoms with E-state index in [0.717, 1.165) is 6.92 Å². The molecule has 3 nitrogen and oxygen atoms in total. The SMILES string of the molecule is C1CC[N+]2(CC1)CCCC2.CC(=O)[O-]. The van der Waals surface area contributed by atoms with Gasteiger partial charge in [-0.05, 0) is 26.2 Å². The third kappa shape index (κ3) is 3.66. The smallest absolute Gasteiger partial charge is 0.0788 e. The molecule has 3 heteroatoms. The second-order valence-electron chi connectivity index (χ2n) is 4.50. The molecule has 0 aliphatic carbocycles. The van der Waals surface area contributed by atoms with Gasteiger partial charge in [-0.1, -0.05) is 0 Å². The molecule has 82 valence electrons. The van der Waals surface area contributed by atoms with E-state index < -0.39 is 5.97 Å². The highest BCUT2D eigenvalue weighted by Gasteiger charge is 2.32. The lowest BCUT2D eigenvalue weighted by molar-refractivity contribution is -0.921. The molecule has 0 N–H and O–H groups in total. The van der Waals surface area contributed by atoms with Crippen molar-refractivity contribution in [1.29, 1.82) is 0 Å². The van der Waals surface area contributed by atoms with Crippen molar-refractivity contribution in [3.05, 3.63) is 0 Å². The molecule has 0 bridgehead atoms. The molecule has 0 aromatic heterocycles. The molecule has 2 saturated heterocycles. The van der Waals surface area contributed by atoms with E-state index in [2.05, 4.69) is 0 Å². The Morgan fingerprint density at radius 1 is 0.929 bits per heavy atom. The van der Waals surface area contributed by atoms with Crippen LogP contribution in [-0.2, 0) is 4.79 Å². The lowest BCUT2D eigenvalue weighted by Gasteiger charge is -2.37. The summed E-state index contributed by atoms with van der Waals surface area (Å²) >= 11 is 0.